The summed E-state index contributed by atoms with van der Waals surface area (Å²) in [7, 11) is 0. The van der Waals surface area contributed by atoms with Crippen LogP contribution in [0.3, 0.4) is 0 Å². The Labute approximate surface area is 199 Å². The zero-order chi connectivity index (χ0) is 23.7. The Balaban J connectivity index is 1.59. The van der Waals surface area contributed by atoms with Gasteiger partial charge in [0.1, 0.15) is 11.6 Å². The van der Waals surface area contributed by atoms with Crippen molar-refractivity contribution in [1.29, 1.82) is 0 Å². The first kappa shape index (κ1) is 22.0. The number of hydrogen-bond acceptors (Lipinski definition) is 6. The van der Waals surface area contributed by atoms with Crippen LogP contribution >= 0.6 is 11.8 Å². The van der Waals surface area contributed by atoms with E-state index in [2.05, 4.69) is 15.5 Å². The Morgan fingerprint density at radius 2 is 1.97 bits per heavy atom. The highest BCUT2D eigenvalue weighted by atomic mass is 32.2. The summed E-state index contributed by atoms with van der Waals surface area (Å²) in [5.41, 5.74) is 2.71. The molecule has 0 fully saturated rings. The molecule has 2 aromatic carbocycles. The molecule has 34 heavy (non-hydrogen) atoms. The second kappa shape index (κ2) is 9.18. The topological polar surface area (TPSA) is 84.4 Å². The number of allylic oxidation sites excluding steroid dienone is 1. The number of aromatic nitrogens is 2. The molecular weight excluding hydrogens is 455 g/mol. The fraction of sp³-hybridized carbons (Fsp3) is 0.160. The zero-order valence-electron chi connectivity index (χ0n) is 18.5. The van der Waals surface area contributed by atoms with Crippen LogP contribution in [-0.4, -0.2) is 27.3 Å². The van der Waals surface area contributed by atoms with Crippen molar-refractivity contribution in [3.63, 3.8) is 0 Å². The molecule has 1 unspecified atom stereocenters. The van der Waals surface area contributed by atoms with Gasteiger partial charge in [-0.15, -0.1) is 11.8 Å². The van der Waals surface area contributed by atoms with Crippen molar-refractivity contribution in [2.75, 3.05) is 6.26 Å². The molecule has 0 saturated heterocycles. The number of benzene rings is 2. The number of thioether (sulfide) groups is 1. The Hall–Kier alpha value is -3.85. The number of nitrogens with zero attached hydrogens (tertiary/aromatic N) is 3. The Bertz CT molecular complexity index is 1350. The molecule has 172 valence electrons. The van der Waals surface area contributed by atoms with E-state index < -0.39 is 6.04 Å². The number of rotatable bonds is 6. The Morgan fingerprint density at radius 1 is 1.15 bits per heavy atom. The molecule has 3 heterocycles. The maximum Gasteiger partial charge on any atom is 0.322 e. The molecule has 5 rings (SSSR count). The minimum atomic E-state index is -0.503. The second-order valence-electron chi connectivity index (χ2n) is 7.75. The van der Waals surface area contributed by atoms with Crippen molar-refractivity contribution in [3.8, 4) is 11.4 Å². The number of carbonyl (C=O) groups is 1. The minimum Gasteiger partial charge on any atom is -0.467 e. The molecule has 1 aliphatic rings. The normalized spacial score (nSPS) is 16.1. The highest BCUT2D eigenvalue weighted by Gasteiger charge is 2.36. The van der Waals surface area contributed by atoms with Crippen LogP contribution in [0.15, 0.2) is 86.5 Å². The summed E-state index contributed by atoms with van der Waals surface area (Å²) in [6, 6.07) is 16.8. The molecule has 9 heteroatoms. The molecule has 0 aliphatic carbocycles. The molecule has 2 aromatic heterocycles. The van der Waals surface area contributed by atoms with Crippen molar-refractivity contribution in [2.24, 2.45) is 0 Å². The third kappa shape index (κ3) is 4.22. The van der Waals surface area contributed by atoms with E-state index in [1.807, 2.05) is 43.5 Å². The van der Waals surface area contributed by atoms with Crippen LogP contribution in [0, 0.1) is 5.82 Å². The van der Waals surface area contributed by atoms with E-state index >= 15 is 0 Å². The molecule has 1 atom stereocenters. The standard InChI is InChI=1S/C25H21FN4O3S/c1-15-21(24-28-23(29-33-24)17-5-3-6-18(26)13-17)22(16-8-10-20(34-2)11-9-16)27-25(31)30(15)14-19-7-4-12-32-19/h3-13,22H,14H2,1-2H3,(H,27,31). The fourth-order valence-electron chi connectivity index (χ4n) is 3.93. The number of nitrogens with one attached hydrogen (secondary N) is 1. The van der Waals surface area contributed by atoms with E-state index in [4.69, 9.17) is 8.94 Å². The van der Waals surface area contributed by atoms with E-state index in [0.29, 0.717) is 22.6 Å². The van der Waals surface area contributed by atoms with Crippen molar-refractivity contribution in [2.45, 2.75) is 24.4 Å². The SMILES string of the molecule is CSc1ccc(C2NC(=O)N(Cc3ccco3)C(C)=C2c2nc(-c3cccc(F)c3)no2)cc1. The maximum atomic E-state index is 13.7. The molecular formula is C25H21FN4O3S. The third-order valence-electron chi connectivity index (χ3n) is 5.68. The van der Waals surface area contributed by atoms with Gasteiger partial charge in [0.05, 0.1) is 24.4 Å². The summed E-state index contributed by atoms with van der Waals surface area (Å²) >= 11 is 1.64. The Morgan fingerprint density at radius 3 is 2.68 bits per heavy atom. The van der Waals surface area contributed by atoms with Crippen LogP contribution in [-0.2, 0) is 6.54 Å². The molecule has 2 amide bonds. The van der Waals surface area contributed by atoms with Gasteiger partial charge in [-0.25, -0.2) is 9.18 Å². The molecule has 1 N–H and O–H groups in total. The molecule has 0 radical (unpaired) electrons. The number of halogens is 1. The van der Waals surface area contributed by atoms with Gasteiger partial charge < -0.3 is 14.3 Å². The van der Waals surface area contributed by atoms with Gasteiger partial charge in [-0.2, -0.15) is 4.98 Å². The van der Waals surface area contributed by atoms with Gasteiger partial charge in [0.25, 0.3) is 5.89 Å². The number of furan rings is 1. The van der Waals surface area contributed by atoms with Gasteiger partial charge in [0.2, 0.25) is 5.82 Å². The van der Waals surface area contributed by atoms with Gasteiger partial charge in [0, 0.05) is 16.2 Å². The zero-order valence-corrected chi connectivity index (χ0v) is 19.3. The average molecular weight is 477 g/mol. The van der Waals surface area contributed by atoms with Gasteiger partial charge in [-0.05, 0) is 55.1 Å². The largest absolute Gasteiger partial charge is 0.467 e. The van der Waals surface area contributed by atoms with Gasteiger partial charge in [0.15, 0.2) is 0 Å². The summed E-state index contributed by atoms with van der Waals surface area (Å²) in [6.45, 7) is 2.09. The lowest BCUT2D eigenvalue weighted by Crippen LogP contribution is -2.45. The first-order chi connectivity index (χ1) is 16.5. The van der Waals surface area contributed by atoms with Gasteiger partial charge >= 0.3 is 6.03 Å². The van der Waals surface area contributed by atoms with Crippen molar-refractivity contribution in [3.05, 3.63) is 95.7 Å². The minimum absolute atomic E-state index is 0.247. The number of hydrogen-bond donors (Lipinski definition) is 1. The first-order valence-electron chi connectivity index (χ1n) is 10.6. The Kier molecular flexibility index (Phi) is 5.93. The van der Waals surface area contributed by atoms with Crippen LogP contribution in [0.2, 0.25) is 0 Å². The van der Waals surface area contributed by atoms with Crippen LogP contribution in [0.4, 0.5) is 9.18 Å². The molecule has 1 aliphatic heterocycles. The maximum absolute atomic E-state index is 13.7. The van der Waals surface area contributed by atoms with Crippen molar-refractivity contribution < 1.29 is 18.1 Å². The molecule has 0 spiro atoms. The van der Waals surface area contributed by atoms with E-state index in [9.17, 15) is 9.18 Å². The number of urea groups is 1. The summed E-state index contributed by atoms with van der Waals surface area (Å²) in [4.78, 5) is 20.3. The monoisotopic (exact) mass is 476 g/mol. The summed E-state index contributed by atoms with van der Waals surface area (Å²) in [5.74, 6) is 0.768. The molecule has 0 bridgehead atoms. The van der Waals surface area contributed by atoms with Gasteiger partial charge in [-0.3, -0.25) is 4.90 Å². The second-order valence-corrected chi connectivity index (χ2v) is 8.63. The lowest BCUT2D eigenvalue weighted by atomic mass is 9.94. The molecule has 0 saturated carbocycles. The predicted molar refractivity (Wildman–Crippen MR) is 126 cm³/mol. The molecule has 7 nitrogen and oxygen atoms in total. The average Bonchev–Trinajstić information content (AvgIpc) is 3.54. The first-order valence-corrected chi connectivity index (χ1v) is 11.8. The number of carbonyl (C=O) groups excluding carboxylic acids is 1. The highest BCUT2D eigenvalue weighted by Crippen LogP contribution is 2.38. The predicted octanol–water partition coefficient (Wildman–Crippen LogP) is 5.89. The van der Waals surface area contributed by atoms with Crippen LogP contribution < -0.4 is 5.32 Å². The van der Waals surface area contributed by atoms with E-state index in [1.54, 1.807) is 41.1 Å². The van der Waals surface area contributed by atoms with Crippen LogP contribution in [0.5, 0.6) is 0 Å². The van der Waals surface area contributed by atoms with Crippen LogP contribution in [0.1, 0.15) is 30.2 Å². The van der Waals surface area contributed by atoms with E-state index in [1.165, 1.54) is 12.1 Å². The quantitative estimate of drug-likeness (QED) is 0.350. The third-order valence-corrected chi connectivity index (χ3v) is 6.42. The highest BCUT2D eigenvalue weighted by molar-refractivity contribution is 7.98. The van der Waals surface area contributed by atoms with Crippen molar-refractivity contribution in [1.82, 2.24) is 20.4 Å². The van der Waals surface area contributed by atoms with Crippen LogP contribution in [0.25, 0.3) is 17.0 Å². The lowest BCUT2D eigenvalue weighted by molar-refractivity contribution is 0.199. The lowest BCUT2D eigenvalue weighted by Gasteiger charge is -2.34. The summed E-state index contributed by atoms with van der Waals surface area (Å²) in [6.07, 6.45) is 3.57. The summed E-state index contributed by atoms with van der Waals surface area (Å²) < 4.78 is 24.8. The van der Waals surface area contributed by atoms with Crippen molar-refractivity contribution >= 4 is 23.4 Å². The van der Waals surface area contributed by atoms with E-state index in [-0.39, 0.29) is 30.1 Å². The smallest absolute Gasteiger partial charge is 0.322 e. The fourth-order valence-corrected chi connectivity index (χ4v) is 4.34. The molecule has 4 aromatic rings. The summed E-state index contributed by atoms with van der Waals surface area (Å²) in [5, 5.41) is 7.14. The number of amides is 2. The van der Waals surface area contributed by atoms with E-state index in [0.717, 1.165) is 10.5 Å². The van der Waals surface area contributed by atoms with Gasteiger partial charge in [-0.1, -0.05) is 29.4 Å².